The van der Waals surface area contributed by atoms with Crippen molar-refractivity contribution in [2.75, 3.05) is 0 Å². The number of rotatable bonds is 13. The Labute approximate surface area is 125 Å². The van der Waals surface area contributed by atoms with E-state index in [0.29, 0.717) is 6.42 Å². The summed E-state index contributed by atoms with van der Waals surface area (Å²) < 4.78 is 0. The maximum absolute atomic E-state index is 11.4. The van der Waals surface area contributed by atoms with Crippen LogP contribution in [0.4, 0.5) is 0 Å². The first-order valence-corrected chi connectivity index (χ1v) is 8.47. The van der Waals surface area contributed by atoms with Crippen LogP contribution >= 0.6 is 0 Å². The maximum Gasteiger partial charge on any atom is 0.323 e. The molecule has 2 unspecified atom stereocenters. The Morgan fingerprint density at radius 3 is 2.10 bits per heavy atom. The first kappa shape index (κ1) is 19.4. The van der Waals surface area contributed by atoms with Gasteiger partial charge in [-0.3, -0.25) is 10.1 Å². The average molecular weight is 285 g/mol. The van der Waals surface area contributed by atoms with Gasteiger partial charge in [-0.05, 0) is 26.7 Å². The number of carbonyl (C=O) groups is 1. The molecule has 0 saturated carbocycles. The Morgan fingerprint density at radius 2 is 1.60 bits per heavy atom. The van der Waals surface area contributed by atoms with Gasteiger partial charge in [0.15, 0.2) is 0 Å². The second-order valence-corrected chi connectivity index (χ2v) is 6.34. The van der Waals surface area contributed by atoms with Gasteiger partial charge in [-0.15, -0.1) is 0 Å². The fourth-order valence-corrected chi connectivity index (χ4v) is 2.76. The molecule has 0 aromatic rings. The number of nitrogens with one attached hydrogen (secondary N) is 1. The van der Waals surface area contributed by atoms with Crippen LogP contribution < -0.4 is 5.32 Å². The van der Waals surface area contributed by atoms with Crippen LogP contribution in [0.3, 0.4) is 0 Å². The van der Waals surface area contributed by atoms with Gasteiger partial charge >= 0.3 is 5.97 Å². The van der Waals surface area contributed by atoms with E-state index < -0.39 is 11.5 Å². The van der Waals surface area contributed by atoms with Crippen LogP contribution in [0.25, 0.3) is 0 Å². The molecule has 120 valence electrons. The summed E-state index contributed by atoms with van der Waals surface area (Å²) in [6, 6.07) is 0.276. The van der Waals surface area contributed by atoms with Crippen molar-refractivity contribution in [2.24, 2.45) is 0 Å². The third-order valence-corrected chi connectivity index (χ3v) is 4.03. The van der Waals surface area contributed by atoms with Crippen molar-refractivity contribution in [1.82, 2.24) is 5.32 Å². The van der Waals surface area contributed by atoms with Gasteiger partial charge in [0.2, 0.25) is 0 Å². The van der Waals surface area contributed by atoms with E-state index >= 15 is 0 Å². The number of unbranched alkanes of at least 4 members (excludes halogenated alkanes) is 6. The molecule has 0 heterocycles. The second-order valence-electron chi connectivity index (χ2n) is 6.34. The summed E-state index contributed by atoms with van der Waals surface area (Å²) in [7, 11) is 0. The zero-order valence-electron chi connectivity index (χ0n) is 14.0. The normalized spacial score (nSPS) is 15.8. The molecule has 2 N–H and O–H groups in total. The van der Waals surface area contributed by atoms with Crippen LogP contribution in [0.5, 0.6) is 0 Å². The number of aliphatic carboxylic acids is 1. The molecule has 0 aliphatic heterocycles. The van der Waals surface area contributed by atoms with Gasteiger partial charge in [0.05, 0.1) is 0 Å². The van der Waals surface area contributed by atoms with Crippen molar-refractivity contribution in [2.45, 2.75) is 103 Å². The van der Waals surface area contributed by atoms with Crippen molar-refractivity contribution in [1.29, 1.82) is 0 Å². The van der Waals surface area contributed by atoms with E-state index in [0.717, 1.165) is 12.8 Å². The molecule has 0 fully saturated rings. The molecule has 0 aromatic carbocycles. The molecule has 0 spiro atoms. The van der Waals surface area contributed by atoms with Gasteiger partial charge < -0.3 is 5.11 Å². The van der Waals surface area contributed by atoms with Crippen LogP contribution in [0.1, 0.15) is 91.9 Å². The summed E-state index contributed by atoms with van der Waals surface area (Å²) in [6.45, 7) is 8.18. The average Bonchev–Trinajstić information content (AvgIpc) is 2.37. The fraction of sp³-hybridized carbons (Fsp3) is 0.941. The van der Waals surface area contributed by atoms with E-state index in [9.17, 15) is 9.90 Å². The molecule has 0 amide bonds. The molecule has 0 radical (unpaired) electrons. The van der Waals surface area contributed by atoms with Crippen LogP contribution in [-0.4, -0.2) is 22.7 Å². The van der Waals surface area contributed by atoms with Crippen molar-refractivity contribution < 1.29 is 9.90 Å². The van der Waals surface area contributed by atoms with Crippen molar-refractivity contribution in [3.63, 3.8) is 0 Å². The summed E-state index contributed by atoms with van der Waals surface area (Å²) in [6.07, 6.45) is 11.8. The largest absolute Gasteiger partial charge is 0.480 e. The lowest BCUT2D eigenvalue weighted by Crippen LogP contribution is -2.53. The maximum atomic E-state index is 11.4. The quantitative estimate of drug-likeness (QED) is 0.480. The van der Waals surface area contributed by atoms with Gasteiger partial charge in [-0.25, -0.2) is 0 Å². The fourth-order valence-electron chi connectivity index (χ4n) is 2.76. The molecular weight excluding hydrogens is 250 g/mol. The second kappa shape index (κ2) is 11.1. The van der Waals surface area contributed by atoms with Gasteiger partial charge in [0.1, 0.15) is 5.54 Å². The zero-order chi connectivity index (χ0) is 15.4. The van der Waals surface area contributed by atoms with E-state index in [1.807, 2.05) is 6.92 Å². The zero-order valence-corrected chi connectivity index (χ0v) is 14.0. The van der Waals surface area contributed by atoms with Gasteiger partial charge in [0, 0.05) is 6.04 Å². The highest BCUT2D eigenvalue weighted by Gasteiger charge is 2.32. The predicted octanol–water partition coefficient (Wildman–Crippen LogP) is 4.75. The first-order chi connectivity index (χ1) is 9.46. The Kier molecular flexibility index (Phi) is 10.8. The molecule has 0 aliphatic carbocycles. The van der Waals surface area contributed by atoms with Crippen LogP contribution in [-0.2, 0) is 4.79 Å². The molecule has 3 nitrogen and oxygen atoms in total. The standard InChI is InChI=1S/C17H35NO2/c1-5-7-8-9-10-11-12-13-15(3)18-17(4,14-6-2)16(19)20/h15,18H,5-14H2,1-4H3,(H,19,20). The molecule has 0 rings (SSSR count). The molecule has 0 saturated heterocycles. The van der Waals surface area contributed by atoms with Gasteiger partial charge in [-0.2, -0.15) is 0 Å². The smallest absolute Gasteiger partial charge is 0.323 e. The Bertz CT molecular complexity index is 255. The summed E-state index contributed by atoms with van der Waals surface area (Å²) in [5, 5.41) is 12.6. The van der Waals surface area contributed by atoms with E-state index in [-0.39, 0.29) is 6.04 Å². The van der Waals surface area contributed by atoms with E-state index in [4.69, 9.17) is 0 Å². The lowest BCUT2D eigenvalue weighted by atomic mass is 9.94. The summed E-state index contributed by atoms with van der Waals surface area (Å²) in [5.74, 6) is -0.731. The highest BCUT2D eigenvalue weighted by atomic mass is 16.4. The molecule has 2 atom stereocenters. The third kappa shape index (κ3) is 8.57. The minimum absolute atomic E-state index is 0.276. The molecular formula is C17H35NO2. The lowest BCUT2D eigenvalue weighted by molar-refractivity contribution is -0.144. The van der Waals surface area contributed by atoms with E-state index in [1.165, 1.54) is 44.9 Å². The molecule has 0 bridgehead atoms. The molecule has 3 heteroatoms. The Hall–Kier alpha value is -0.570. The Balaban J connectivity index is 3.80. The number of carboxylic acids is 1. The number of carboxylic acid groups (broad SMARTS) is 1. The van der Waals surface area contributed by atoms with E-state index in [2.05, 4.69) is 19.2 Å². The van der Waals surface area contributed by atoms with Crippen molar-refractivity contribution in [3.8, 4) is 0 Å². The molecule has 0 aliphatic rings. The SMILES string of the molecule is CCCCCCCCCC(C)NC(C)(CCC)C(=O)O. The highest BCUT2D eigenvalue weighted by Crippen LogP contribution is 2.16. The van der Waals surface area contributed by atoms with Crippen molar-refractivity contribution in [3.05, 3.63) is 0 Å². The van der Waals surface area contributed by atoms with Gasteiger partial charge in [0.25, 0.3) is 0 Å². The molecule has 0 aromatic heterocycles. The van der Waals surface area contributed by atoms with Crippen LogP contribution in [0.15, 0.2) is 0 Å². The lowest BCUT2D eigenvalue weighted by Gasteiger charge is -2.29. The summed E-state index contributed by atoms with van der Waals surface area (Å²) >= 11 is 0. The third-order valence-electron chi connectivity index (χ3n) is 4.03. The molecule has 20 heavy (non-hydrogen) atoms. The monoisotopic (exact) mass is 285 g/mol. The highest BCUT2D eigenvalue weighted by molar-refractivity contribution is 5.78. The minimum Gasteiger partial charge on any atom is -0.480 e. The van der Waals surface area contributed by atoms with Crippen LogP contribution in [0, 0.1) is 0 Å². The van der Waals surface area contributed by atoms with Crippen LogP contribution in [0.2, 0.25) is 0 Å². The minimum atomic E-state index is -0.769. The van der Waals surface area contributed by atoms with E-state index in [1.54, 1.807) is 6.92 Å². The van der Waals surface area contributed by atoms with Crippen molar-refractivity contribution >= 4 is 5.97 Å². The topological polar surface area (TPSA) is 49.3 Å². The number of hydrogen-bond acceptors (Lipinski definition) is 2. The predicted molar refractivity (Wildman–Crippen MR) is 86.2 cm³/mol. The van der Waals surface area contributed by atoms with Gasteiger partial charge in [-0.1, -0.05) is 65.2 Å². The summed E-state index contributed by atoms with van der Waals surface area (Å²) in [4.78, 5) is 11.4. The number of hydrogen-bond donors (Lipinski definition) is 2. The Morgan fingerprint density at radius 1 is 1.05 bits per heavy atom. The first-order valence-electron chi connectivity index (χ1n) is 8.47. The summed E-state index contributed by atoms with van der Waals surface area (Å²) in [5.41, 5.74) is -0.769.